The van der Waals surface area contributed by atoms with Gasteiger partial charge in [-0.25, -0.2) is 8.78 Å². The van der Waals surface area contributed by atoms with Gasteiger partial charge >= 0.3 is 0 Å². The molecule has 0 fully saturated rings. The third-order valence-corrected chi connectivity index (χ3v) is 2.27. The standard InChI is InChI=1S/C13H9F2NO2/c14-11-6-5-10(7-12(11)15)18-9-3-1-8(2-4-9)13(16)17/h1-7H,(H2,16,17). The highest BCUT2D eigenvalue weighted by molar-refractivity contribution is 5.92. The van der Waals surface area contributed by atoms with Gasteiger partial charge in [0.05, 0.1) is 0 Å². The number of amides is 1. The van der Waals surface area contributed by atoms with Gasteiger partial charge in [-0.05, 0) is 36.4 Å². The van der Waals surface area contributed by atoms with Gasteiger partial charge in [-0.15, -0.1) is 0 Å². The van der Waals surface area contributed by atoms with Crippen LogP contribution in [0.25, 0.3) is 0 Å². The Morgan fingerprint density at radius 2 is 1.56 bits per heavy atom. The van der Waals surface area contributed by atoms with Gasteiger partial charge in [-0.1, -0.05) is 0 Å². The summed E-state index contributed by atoms with van der Waals surface area (Å²) in [5.74, 6) is -1.91. The van der Waals surface area contributed by atoms with Crippen LogP contribution in [0.1, 0.15) is 10.4 Å². The molecule has 0 spiro atoms. The van der Waals surface area contributed by atoms with Crippen LogP contribution in [0.3, 0.4) is 0 Å². The molecular formula is C13H9F2NO2. The molecule has 2 aromatic carbocycles. The molecule has 0 aromatic heterocycles. The Kier molecular flexibility index (Phi) is 3.23. The highest BCUT2D eigenvalue weighted by Crippen LogP contribution is 2.23. The first kappa shape index (κ1) is 12.0. The number of nitrogens with two attached hydrogens (primary N) is 1. The maximum Gasteiger partial charge on any atom is 0.248 e. The molecule has 0 aliphatic heterocycles. The average Bonchev–Trinajstić information content (AvgIpc) is 2.34. The third-order valence-electron chi connectivity index (χ3n) is 2.27. The third kappa shape index (κ3) is 2.63. The molecule has 18 heavy (non-hydrogen) atoms. The fourth-order valence-electron chi connectivity index (χ4n) is 1.36. The topological polar surface area (TPSA) is 52.3 Å². The number of benzene rings is 2. The first-order chi connectivity index (χ1) is 8.56. The van der Waals surface area contributed by atoms with Gasteiger partial charge in [-0.3, -0.25) is 4.79 Å². The van der Waals surface area contributed by atoms with E-state index in [2.05, 4.69) is 0 Å². The van der Waals surface area contributed by atoms with Gasteiger partial charge in [0.25, 0.3) is 0 Å². The lowest BCUT2D eigenvalue weighted by atomic mass is 10.2. The molecule has 5 heteroatoms. The van der Waals surface area contributed by atoms with E-state index in [-0.39, 0.29) is 5.75 Å². The Balaban J connectivity index is 2.18. The van der Waals surface area contributed by atoms with E-state index in [0.29, 0.717) is 11.3 Å². The van der Waals surface area contributed by atoms with Crippen LogP contribution in [0.15, 0.2) is 42.5 Å². The molecule has 0 aliphatic carbocycles. The Morgan fingerprint density at radius 3 is 2.11 bits per heavy atom. The summed E-state index contributed by atoms with van der Waals surface area (Å²) >= 11 is 0. The zero-order valence-electron chi connectivity index (χ0n) is 9.19. The van der Waals surface area contributed by atoms with Crippen LogP contribution in [0.5, 0.6) is 11.5 Å². The molecule has 2 rings (SSSR count). The summed E-state index contributed by atoms with van der Waals surface area (Å²) < 4.78 is 30.9. The summed E-state index contributed by atoms with van der Waals surface area (Å²) in [5.41, 5.74) is 5.42. The first-order valence-electron chi connectivity index (χ1n) is 5.09. The molecule has 0 radical (unpaired) electrons. The SMILES string of the molecule is NC(=O)c1ccc(Oc2ccc(F)c(F)c2)cc1. The van der Waals surface area contributed by atoms with Crippen molar-refractivity contribution in [3.05, 3.63) is 59.7 Å². The zero-order chi connectivity index (χ0) is 13.1. The Morgan fingerprint density at radius 1 is 0.944 bits per heavy atom. The normalized spacial score (nSPS) is 10.1. The molecule has 3 nitrogen and oxygen atoms in total. The highest BCUT2D eigenvalue weighted by Gasteiger charge is 2.05. The van der Waals surface area contributed by atoms with Crippen molar-refractivity contribution in [2.75, 3.05) is 0 Å². The monoisotopic (exact) mass is 249 g/mol. The van der Waals surface area contributed by atoms with Crippen molar-refractivity contribution in [1.29, 1.82) is 0 Å². The van der Waals surface area contributed by atoms with Gasteiger partial charge < -0.3 is 10.5 Å². The molecule has 0 saturated heterocycles. The number of hydrogen-bond acceptors (Lipinski definition) is 2. The van der Waals surface area contributed by atoms with Gasteiger partial charge in [0, 0.05) is 11.6 Å². The molecule has 2 N–H and O–H groups in total. The Hall–Kier alpha value is -2.43. The fraction of sp³-hybridized carbons (Fsp3) is 0. The minimum atomic E-state index is -0.985. The maximum atomic E-state index is 12.9. The average molecular weight is 249 g/mol. The highest BCUT2D eigenvalue weighted by atomic mass is 19.2. The predicted molar refractivity (Wildman–Crippen MR) is 61.4 cm³/mol. The van der Waals surface area contributed by atoms with Crippen LogP contribution in [0.4, 0.5) is 8.78 Å². The summed E-state index contributed by atoms with van der Waals surface area (Å²) in [6.07, 6.45) is 0. The summed E-state index contributed by atoms with van der Waals surface area (Å²) in [6, 6.07) is 9.22. The molecule has 0 atom stereocenters. The fourth-order valence-corrected chi connectivity index (χ4v) is 1.36. The van der Waals surface area contributed by atoms with E-state index in [9.17, 15) is 13.6 Å². The number of halogens is 2. The lowest BCUT2D eigenvalue weighted by Crippen LogP contribution is -2.10. The van der Waals surface area contributed by atoms with E-state index in [1.54, 1.807) is 0 Å². The van der Waals surface area contributed by atoms with Crippen molar-refractivity contribution in [1.82, 2.24) is 0 Å². The minimum Gasteiger partial charge on any atom is -0.457 e. The van der Waals surface area contributed by atoms with Crippen molar-refractivity contribution in [2.24, 2.45) is 5.73 Å². The van der Waals surface area contributed by atoms with Crippen LogP contribution < -0.4 is 10.5 Å². The van der Waals surface area contributed by atoms with E-state index in [4.69, 9.17) is 10.5 Å². The van der Waals surface area contributed by atoms with Gasteiger partial charge in [0.1, 0.15) is 11.5 Å². The van der Waals surface area contributed by atoms with E-state index in [1.165, 1.54) is 30.3 Å². The maximum absolute atomic E-state index is 12.9. The summed E-state index contributed by atoms with van der Waals surface area (Å²) in [6.45, 7) is 0. The lowest BCUT2D eigenvalue weighted by Gasteiger charge is -2.06. The molecular weight excluding hydrogens is 240 g/mol. The molecule has 0 saturated carbocycles. The quantitative estimate of drug-likeness (QED) is 0.909. The summed E-state index contributed by atoms with van der Waals surface area (Å²) in [5, 5.41) is 0. The van der Waals surface area contributed by atoms with E-state index in [0.717, 1.165) is 12.1 Å². The first-order valence-corrected chi connectivity index (χ1v) is 5.09. The van der Waals surface area contributed by atoms with Crippen molar-refractivity contribution in [2.45, 2.75) is 0 Å². The molecule has 2 aromatic rings. The molecule has 0 heterocycles. The number of primary amides is 1. The number of hydrogen-bond donors (Lipinski definition) is 1. The number of carbonyl (C=O) groups excluding carboxylic acids is 1. The number of carbonyl (C=O) groups is 1. The van der Waals surface area contributed by atoms with Crippen LogP contribution in [-0.4, -0.2) is 5.91 Å². The van der Waals surface area contributed by atoms with E-state index in [1.807, 2.05) is 0 Å². The minimum absolute atomic E-state index is 0.167. The second-order valence-electron chi connectivity index (χ2n) is 3.57. The van der Waals surface area contributed by atoms with Crippen molar-refractivity contribution in [3.8, 4) is 11.5 Å². The molecule has 1 amide bonds. The van der Waals surface area contributed by atoms with Gasteiger partial charge in [0.2, 0.25) is 5.91 Å². The van der Waals surface area contributed by atoms with Crippen molar-refractivity contribution in [3.63, 3.8) is 0 Å². The summed E-state index contributed by atoms with van der Waals surface area (Å²) in [7, 11) is 0. The van der Waals surface area contributed by atoms with Crippen molar-refractivity contribution >= 4 is 5.91 Å². The number of ether oxygens (including phenoxy) is 1. The lowest BCUT2D eigenvalue weighted by molar-refractivity contribution is 0.100. The number of rotatable bonds is 3. The van der Waals surface area contributed by atoms with Crippen molar-refractivity contribution < 1.29 is 18.3 Å². The van der Waals surface area contributed by atoms with Crippen LogP contribution in [0, 0.1) is 11.6 Å². The van der Waals surface area contributed by atoms with E-state index < -0.39 is 17.5 Å². The second kappa shape index (κ2) is 4.83. The Bertz CT molecular complexity index is 582. The largest absolute Gasteiger partial charge is 0.457 e. The van der Waals surface area contributed by atoms with Crippen LogP contribution >= 0.6 is 0 Å². The van der Waals surface area contributed by atoms with Crippen LogP contribution in [0.2, 0.25) is 0 Å². The van der Waals surface area contributed by atoms with Gasteiger partial charge in [-0.2, -0.15) is 0 Å². The molecule has 0 bridgehead atoms. The van der Waals surface area contributed by atoms with Gasteiger partial charge in [0.15, 0.2) is 11.6 Å². The predicted octanol–water partition coefficient (Wildman–Crippen LogP) is 2.86. The van der Waals surface area contributed by atoms with Crippen LogP contribution in [-0.2, 0) is 0 Å². The summed E-state index contributed by atoms with van der Waals surface area (Å²) in [4.78, 5) is 10.8. The molecule has 92 valence electrons. The second-order valence-corrected chi connectivity index (χ2v) is 3.57. The van der Waals surface area contributed by atoms with E-state index >= 15 is 0 Å². The smallest absolute Gasteiger partial charge is 0.248 e. The molecule has 0 unspecified atom stereocenters. The Labute approximate surface area is 102 Å². The zero-order valence-corrected chi connectivity index (χ0v) is 9.19. The molecule has 0 aliphatic rings.